The van der Waals surface area contributed by atoms with Crippen molar-refractivity contribution in [1.29, 1.82) is 0 Å². The van der Waals surface area contributed by atoms with Crippen LogP contribution in [0.1, 0.15) is 0 Å². The Bertz CT molecular complexity index is 554. The molecule has 2 aromatic rings. The van der Waals surface area contributed by atoms with Crippen molar-refractivity contribution in [3.05, 3.63) is 50.9 Å². The van der Waals surface area contributed by atoms with Crippen LogP contribution in [0.3, 0.4) is 0 Å². The lowest BCUT2D eigenvalue weighted by atomic mass is 10.3. The molecule has 0 heterocycles. The molecule has 0 spiro atoms. The van der Waals surface area contributed by atoms with Gasteiger partial charge in [0.25, 0.3) is 0 Å². The minimum absolute atomic E-state index is 0.709. The van der Waals surface area contributed by atoms with E-state index < -0.39 is 0 Å². The molecule has 0 amide bonds. The standard InChI is InChI=1S/C14H12BrCl2NS2/c15-9-1-4-12(18)14(7-9)20-6-5-19-13-8-10(16)2-3-11(13)17/h1-4,7-8H,5-6,18H2. The number of thioether (sulfide) groups is 2. The van der Waals surface area contributed by atoms with Gasteiger partial charge >= 0.3 is 0 Å². The zero-order valence-corrected chi connectivity index (χ0v) is 15.1. The van der Waals surface area contributed by atoms with Gasteiger partial charge < -0.3 is 5.73 Å². The molecule has 0 atom stereocenters. The van der Waals surface area contributed by atoms with Gasteiger partial charge in [0.05, 0.1) is 5.02 Å². The first-order chi connectivity index (χ1) is 9.56. The first-order valence-corrected chi connectivity index (χ1v) is 9.34. The highest BCUT2D eigenvalue weighted by molar-refractivity contribution is 9.10. The molecule has 0 aliphatic heterocycles. The average Bonchev–Trinajstić information content (AvgIpc) is 2.42. The summed E-state index contributed by atoms with van der Waals surface area (Å²) in [6, 6.07) is 11.4. The molecule has 1 nitrogen and oxygen atoms in total. The highest BCUT2D eigenvalue weighted by Crippen LogP contribution is 2.32. The highest BCUT2D eigenvalue weighted by Gasteiger charge is 2.04. The van der Waals surface area contributed by atoms with E-state index in [4.69, 9.17) is 28.9 Å². The molecule has 0 unspecified atom stereocenters. The molecule has 0 saturated heterocycles. The minimum Gasteiger partial charge on any atom is -0.398 e. The Kier molecular flexibility index (Phi) is 6.43. The third kappa shape index (κ3) is 4.78. The van der Waals surface area contributed by atoms with E-state index in [-0.39, 0.29) is 0 Å². The zero-order valence-electron chi connectivity index (χ0n) is 10.4. The molecular weight excluding hydrogens is 397 g/mol. The van der Waals surface area contributed by atoms with Crippen LogP contribution in [0.15, 0.2) is 50.7 Å². The molecule has 0 aromatic heterocycles. The normalized spacial score (nSPS) is 10.8. The van der Waals surface area contributed by atoms with Crippen molar-refractivity contribution in [1.82, 2.24) is 0 Å². The molecule has 20 heavy (non-hydrogen) atoms. The van der Waals surface area contributed by atoms with Crippen LogP contribution in [0, 0.1) is 0 Å². The molecule has 106 valence electrons. The fourth-order valence-corrected chi connectivity index (χ4v) is 4.52. The monoisotopic (exact) mass is 407 g/mol. The van der Waals surface area contributed by atoms with Gasteiger partial charge in [0.1, 0.15) is 0 Å². The maximum Gasteiger partial charge on any atom is 0.0542 e. The fourth-order valence-electron chi connectivity index (χ4n) is 1.52. The summed E-state index contributed by atoms with van der Waals surface area (Å²) in [4.78, 5) is 2.11. The van der Waals surface area contributed by atoms with Crippen molar-refractivity contribution >= 4 is 68.3 Å². The van der Waals surface area contributed by atoms with Crippen LogP contribution in [-0.2, 0) is 0 Å². The van der Waals surface area contributed by atoms with Crippen molar-refractivity contribution < 1.29 is 0 Å². The van der Waals surface area contributed by atoms with Gasteiger partial charge in [0, 0.05) is 36.5 Å². The number of hydrogen-bond donors (Lipinski definition) is 1. The maximum atomic E-state index is 6.13. The van der Waals surface area contributed by atoms with Gasteiger partial charge in [-0.3, -0.25) is 0 Å². The van der Waals surface area contributed by atoms with Crippen molar-refractivity contribution in [2.45, 2.75) is 9.79 Å². The summed E-state index contributed by atoms with van der Waals surface area (Å²) < 4.78 is 1.04. The van der Waals surface area contributed by atoms with Crippen LogP contribution in [0.5, 0.6) is 0 Å². The largest absolute Gasteiger partial charge is 0.398 e. The second-order valence-electron chi connectivity index (χ2n) is 3.95. The van der Waals surface area contributed by atoms with Crippen LogP contribution in [-0.4, -0.2) is 11.5 Å². The summed E-state index contributed by atoms with van der Waals surface area (Å²) in [6.45, 7) is 0. The molecule has 0 saturated carbocycles. The van der Waals surface area contributed by atoms with Crippen molar-refractivity contribution in [3.8, 4) is 0 Å². The van der Waals surface area contributed by atoms with E-state index in [2.05, 4.69) is 15.9 Å². The Labute approximate surface area is 145 Å². The third-order valence-corrected chi connectivity index (χ3v) is 6.03. The van der Waals surface area contributed by atoms with Gasteiger partial charge in [-0.15, -0.1) is 23.5 Å². The lowest BCUT2D eigenvalue weighted by Crippen LogP contribution is -1.91. The van der Waals surface area contributed by atoms with Gasteiger partial charge in [-0.2, -0.15) is 0 Å². The maximum absolute atomic E-state index is 6.13. The SMILES string of the molecule is Nc1ccc(Br)cc1SCCSc1cc(Cl)ccc1Cl. The van der Waals surface area contributed by atoms with Crippen LogP contribution in [0.4, 0.5) is 5.69 Å². The van der Waals surface area contributed by atoms with Gasteiger partial charge in [-0.1, -0.05) is 39.1 Å². The number of hydrogen-bond acceptors (Lipinski definition) is 3. The molecule has 0 fully saturated rings. The van der Waals surface area contributed by atoms with E-state index in [1.54, 1.807) is 29.6 Å². The summed E-state index contributed by atoms with van der Waals surface area (Å²) in [6.07, 6.45) is 0. The van der Waals surface area contributed by atoms with Gasteiger partial charge in [0.15, 0.2) is 0 Å². The number of anilines is 1. The summed E-state index contributed by atoms with van der Waals surface area (Å²) in [7, 11) is 0. The van der Waals surface area contributed by atoms with Gasteiger partial charge in [0.2, 0.25) is 0 Å². The van der Waals surface area contributed by atoms with Crippen molar-refractivity contribution in [2.24, 2.45) is 0 Å². The molecule has 2 rings (SSSR count). The first kappa shape index (κ1) is 16.4. The lowest BCUT2D eigenvalue weighted by molar-refractivity contribution is 1.40. The summed E-state index contributed by atoms with van der Waals surface area (Å²) in [5.41, 5.74) is 6.75. The highest BCUT2D eigenvalue weighted by atomic mass is 79.9. The van der Waals surface area contributed by atoms with E-state index in [0.29, 0.717) is 5.02 Å². The van der Waals surface area contributed by atoms with Crippen LogP contribution >= 0.6 is 62.7 Å². The topological polar surface area (TPSA) is 26.0 Å². The lowest BCUT2D eigenvalue weighted by Gasteiger charge is -2.07. The number of nitrogens with two attached hydrogens (primary N) is 1. The van der Waals surface area contributed by atoms with Gasteiger partial charge in [-0.05, 0) is 36.4 Å². The average molecular weight is 409 g/mol. The number of halogens is 3. The van der Waals surface area contributed by atoms with Crippen LogP contribution < -0.4 is 5.73 Å². The fraction of sp³-hybridized carbons (Fsp3) is 0.143. The smallest absolute Gasteiger partial charge is 0.0542 e. The molecule has 2 aromatic carbocycles. The number of nitrogen functional groups attached to an aromatic ring is 1. The Morgan fingerprint density at radius 3 is 2.40 bits per heavy atom. The van der Waals surface area contributed by atoms with Gasteiger partial charge in [-0.25, -0.2) is 0 Å². The first-order valence-electron chi connectivity index (χ1n) is 5.82. The minimum atomic E-state index is 0.709. The Morgan fingerprint density at radius 2 is 1.65 bits per heavy atom. The summed E-state index contributed by atoms with van der Waals surface area (Å²) >= 11 is 19.0. The number of rotatable bonds is 5. The Balaban J connectivity index is 1.87. The zero-order chi connectivity index (χ0) is 14.5. The molecular formula is C14H12BrCl2NS2. The van der Waals surface area contributed by atoms with Crippen LogP contribution in [0.2, 0.25) is 10.0 Å². The Morgan fingerprint density at radius 1 is 0.950 bits per heavy atom. The Hall–Kier alpha value is -0.000000000000000222. The molecule has 2 N–H and O–H groups in total. The summed E-state index contributed by atoms with van der Waals surface area (Å²) in [5, 5.41) is 1.45. The van der Waals surface area contributed by atoms with Crippen LogP contribution in [0.25, 0.3) is 0 Å². The molecule has 6 heteroatoms. The molecule has 0 aliphatic carbocycles. The molecule has 0 bridgehead atoms. The van der Waals surface area contributed by atoms with E-state index in [9.17, 15) is 0 Å². The molecule has 0 radical (unpaired) electrons. The van der Waals surface area contributed by atoms with E-state index in [1.165, 1.54) is 0 Å². The quantitative estimate of drug-likeness (QED) is 0.361. The second-order valence-corrected chi connectivity index (χ2v) is 7.99. The number of benzene rings is 2. The predicted octanol–water partition coefficient (Wildman–Crippen LogP) is 6.22. The van der Waals surface area contributed by atoms with E-state index in [0.717, 1.165) is 36.5 Å². The molecule has 0 aliphatic rings. The third-order valence-electron chi connectivity index (χ3n) is 2.47. The van der Waals surface area contributed by atoms with E-state index in [1.807, 2.05) is 30.3 Å². The van der Waals surface area contributed by atoms with Crippen molar-refractivity contribution in [2.75, 3.05) is 17.2 Å². The second kappa shape index (κ2) is 7.85. The van der Waals surface area contributed by atoms with E-state index >= 15 is 0 Å². The summed E-state index contributed by atoms with van der Waals surface area (Å²) in [5.74, 6) is 1.89. The predicted molar refractivity (Wildman–Crippen MR) is 96.5 cm³/mol. The van der Waals surface area contributed by atoms with Crippen molar-refractivity contribution in [3.63, 3.8) is 0 Å².